The molecule has 0 fully saturated rings. The van der Waals surface area contributed by atoms with Crippen LogP contribution in [0.25, 0.3) is 0 Å². The Kier molecular flexibility index (Phi) is 4.90. The minimum Gasteiger partial charge on any atom is -0.292 e. The average Bonchev–Trinajstić information content (AvgIpc) is 2.45. The Bertz CT molecular complexity index is 729. The van der Waals surface area contributed by atoms with Gasteiger partial charge in [0.25, 0.3) is 0 Å². The van der Waals surface area contributed by atoms with Crippen LogP contribution in [0.5, 0.6) is 0 Å². The smallest absolute Gasteiger partial charge is 0.184 e. The quantitative estimate of drug-likeness (QED) is 0.699. The normalized spacial score (nSPS) is 11.8. The lowest BCUT2D eigenvalue weighted by Gasteiger charge is -2.14. The highest BCUT2D eigenvalue weighted by Gasteiger charge is 2.27. The molecule has 0 bridgehead atoms. The molecule has 0 radical (unpaired) electrons. The topological polar surface area (TPSA) is 40.9 Å². The van der Waals surface area contributed by atoms with Gasteiger partial charge in [0.05, 0.1) is 6.07 Å². The van der Waals surface area contributed by atoms with Gasteiger partial charge in [-0.2, -0.15) is 5.26 Å². The van der Waals surface area contributed by atoms with Crippen molar-refractivity contribution in [3.05, 3.63) is 68.2 Å². The van der Waals surface area contributed by atoms with Crippen molar-refractivity contribution in [3.8, 4) is 6.07 Å². The van der Waals surface area contributed by atoms with Gasteiger partial charge in [0.1, 0.15) is 5.92 Å². The van der Waals surface area contributed by atoms with Gasteiger partial charge >= 0.3 is 0 Å². The number of nitrogens with zero attached hydrogens (tertiary/aromatic N) is 1. The molecule has 0 saturated heterocycles. The Morgan fingerprint density at radius 1 is 1.14 bits per heavy atom. The van der Waals surface area contributed by atoms with Crippen molar-refractivity contribution >= 4 is 40.6 Å². The average molecular weight is 339 g/mol. The first-order valence-electron chi connectivity index (χ1n) is 6.09. The molecule has 1 unspecified atom stereocenters. The van der Waals surface area contributed by atoms with E-state index < -0.39 is 5.92 Å². The first-order chi connectivity index (χ1) is 9.95. The molecule has 2 nitrogen and oxygen atoms in total. The number of halogens is 3. The molecule has 0 aliphatic heterocycles. The molecule has 5 heteroatoms. The summed E-state index contributed by atoms with van der Waals surface area (Å²) in [5, 5.41) is 10.4. The summed E-state index contributed by atoms with van der Waals surface area (Å²) in [4.78, 5) is 12.7. The summed E-state index contributed by atoms with van der Waals surface area (Å²) >= 11 is 18.1. The maximum absolute atomic E-state index is 12.7. The number of carbonyl (C=O) groups excluding carboxylic acids is 1. The molecule has 2 rings (SSSR count). The molecule has 0 spiro atoms. The van der Waals surface area contributed by atoms with Gasteiger partial charge in [-0.15, -0.1) is 0 Å². The standard InChI is InChI=1S/C16H10Cl3NO/c1-9-5-6-10(17)7-11(9)16(21)12(8-20)15-13(18)3-2-4-14(15)19/h2-7,12H,1H3. The van der Waals surface area contributed by atoms with E-state index in [1.165, 1.54) is 0 Å². The van der Waals surface area contributed by atoms with Gasteiger partial charge in [-0.05, 0) is 36.8 Å². The highest BCUT2D eigenvalue weighted by Crippen LogP contribution is 2.34. The maximum atomic E-state index is 12.7. The van der Waals surface area contributed by atoms with Crippen LogP contribution in [0.15, 0.2) is 36.4 Å². The van der Waals surface area contributed by atoms with Crippen LogP contribution in [0, 0.1) is 18.3 Å². The summed E-state index contributed by atoms with van der Waals surface area (Å²) in [5.74, 6) is -1.43. The fourth-order valence-corrected chi connectivity index (χ4v) is 2.84. The number of rotatable bonds is 3. The molecule has 0 aromatic heterocycles. The predicted octanol–water partition coefficient (Wildman–Crippen LogP) is 5.45. The Labute approximate surface area is 137 Å². The zero-order valence-electron chi connectivity index (χ0n) is 11.0. The van der Waals surface area contributed by atoms with Crippen molar-refractivity contribution in [3.63, 3.8) is 0 Å². The zero-order valence-corrected chi connectivity index (χ0v) is 13.3. The molecule has 106 valence electrons. The first-order valence-corrected chi connectivity index (χ1v) is 7.23. The van der Waals surface area contributed by atoms with Crippen LogP contribution in [0.2, 0.25) is 15.1 Å². The monoisotopic (exact) mass is 337 g/mol. The lowest BCUT2D eigenvalue weighted by Crippen LogP contribution is -2.13. The molecule has 21 heavy (non-hydrogen) atoms. The van der Waals surface area contributed by atoms with E-state index >= 15 is 0 Å². The fraction of sp³-hybridized carbons (Fsp3) is 0.125. The Hall–Kier alpha value is -1.53. The molecule has 2 aromatic carbocycles. The Balaban J connectivity index is 2.55. The molecular weight excluding hydrogens is 329 g/mol. The van der Waals surface area contributed by atoms with Crippen LogP contribution in [-0.2, 0) is 0 Å². The zero-order chi connectivity index (χ0) is 15.6. The first kappa shape index (κ1) is 15.9. The lowest BCUT2D eigenvalue weighted by molar-refractivity contribution is 0.0978. The van der Waals surface area contributed by atoms with Crippen molar-refractivity contribution in [2.24, 2.45) is 0 Å². The number of Topliss-reactive ketones (excluding diaryl/α,β-unsaturated/α-hetero) is 1. The molecule has 0 aliphatic carbocycles. The number of aryl methyl sites for hydroxylation is 1. The molecule has 1 atom stereocenters. The van der Waals surface area contributed by atoms with Crippen molar-refractivity contribution in [2.45, 2.75) is 12.8 Å². The van der Waals surface area contributed by atoms with E-state index in [1.807, 2.05) is 6.07 Å². The van der Waals surface area contributed by atoms with E-state index in [1.54, 1.807) is 43.3 Å². The van der Waals surface area contributed by atoms with E-state index in [-0.39, 0.29) is 5.78 Å². The SMILES string of the molecule is Cc1ccc(Cl)cc1C(=O)C(C#N)c1c(Cl)cccc1Cl. The minimum absolute atomic E-state index is 0.294. The largest absolute Gasteiger partial charge is 0.292 e. The summed E-state index contributed by atoms with van der Waals surface area (Å²) in [5.41, 5.74) is 1.46. The number of nitriles is 1. The van der Waals surface area contributed by atoms with Crippen LogP contribution >= 0.6 is 34.8 Å². The molecule has 2 aromatic rings. The second-order valence-corrected chi connectivity index (χ2v) is 5.77. The summed E-state index contributed by atoms with van der Waals surface area (Å²) in [6, 6.07) is 11.8. The van der Waals surface area contributed by atoms with E-state index in [0.717, 1.165) is 5.56 Å². The van der Waals surface area contributed by atoms with Crippen LogP contribution in [0.3, 0.4) is 0 Å². The van der Waals surface area contributed by atoms with Gasteiger partial charge in [0, 0.05) is 26.2 Å². The van der Waals surface area contributed by atoms with Crippen LogP contribution in [-0.4, -0.2) is 5.78 Å². The van der Waals surface area contributed by atoms with Crippen LogP contribution in [0.1, 0.15) is 27.4 Å². The lowest BCUT2D eigenvalue weighted by atomic mass is 9.90. The number of carbonyl (C=O) groups is 1. The van der Waals surface area contributed by atoms with Gasteiger partial charge in [-0.1, -0.05) is 46.9 Å². The Morgan fingerprint density at radius 2 is 1.76 bits per heavy atom. The summed E-state index contributed by atoms with van der Waals surface area (Å²) in [6.07, 6.45) is 0. The summed E-state index contributed by atoms with van der Waals surface area (Å²) in [6.45, 7) is 1.78. The third-order valence-corrected chi connectivity index (χ3v) is 4.04. The second-order valence-electron chi connectivity index (χ2n) is 4.52. The van der Waals surface area contributed by atoms with E-state index in [4.69, 9.17) is 34.8 Å². The molecule has 0 aliphatic rings. The number of hydrogen-bond donors (Lipinski definition) is 0. The van der Waals surface area contributed by atoms with Gasteiger partial charge in [0.15, 0.2) is 5.78 Å². The van der Waals surface area contributed by atoms with Crippen molar-refractivity contribution < 1.29 is 4.79 Å². The third kappa shape index (κ3) is 3.22. The molecule has 0 N–H and O–H groups in total. The second kappa shape index (κ2) is 6.49. The third-order valence-electron chi connectivity index (χ3n) is 3.14. The van der Waals surface area contributed by atoms with Crippen molar-refractivity contribution in [1.82, 2.24) is 0 Å². The molecule has 0 saturated carbocycles. The number of hydrogen-bond acceptors (Lipinski definition) is 2. The van der Waals surface area contributed by atoms with Gasteiger partial charge in [0.2, 0.25) is 0 Å². The summed E-state index contributed by atoms with van der Waals surface area (Å²) in [7, 11) is 0. The molecule has 0 amide bonds. The highest BCUT2D eigenvalue weighted by atomic mass is 35.5. The van der Waals surface area contributed by atoms with Crippen molar-refractivity contribution in [2.75, 3.05) is 0 Å². The highest BCUT2D eigenvalue weighted by molar-refractivity contribution is 6.37. The van der Waals surface area contributed by atoms with Crippen LogP contribution in [0.4, 0.5) is 0 Å². The molecular formula is C16H10Cl3NO. The number of ketones is 1. The minimum atomic E-state index is -1.07. The van der Waals surface area contributed by atoms with E-state index in [2.05, 4.69) is 0 Å². The predicted molar refractivity (Wildman–Crippen MR) is 85.3 cm³/mol. The Morgan fingerprint density at radius 3 is 2.33 bits per heavy atom. The van der Waals surface area contributed by atoms with E-state index in [9.17, 15) is 10.1 Å². The fourth-order valence-electron chi connectivity index (χ4n) is 2.06. The van der Waals surface area contributed by atoms with Crippen LogP contribution < -0.4 is 0 Å². The summed E-state index contributed by atoms with van der Waals surface area (Å²) < 4.78 is 0. The van der Waals surface area contributed by atoms with Gasteiger partial charge in [-0.3, -0.25) is 4.79 Å². The number of benzene rings is 2. The van der Waals surface area contributed by atoms with Gasteiger partial charge in [-0.25, -0.2) is 0 Å². The maximum Gasteiger partial charge on any atom is 0.184 e. The van der Waals surface area contributed by atoms with Crippen molar-refractivity contribution in [1.29, 1.82) is 5.26 Å². The van der Waals surface area contributed by atoms with Gasteiger partial charge < -0.3 is 0 Å². The molecule has 0 heterocycles. The van der Waals surface area contributed by atoms with E-state index in [0.29, 0.717) is 26.2 Å².